The van der Waals surface area contributed by atoms with Gasteiger partial charge < -0.3 is 5.73 Å². The van der Waals surface area contributed by atoms with Crippen LogP contribution in [0.1, 0.15) is 43.4 Å². The molecule has 0 heterocycles. The van der Waals surface area contributed by atoms with Crippen molar-refractivity contribution in [3.8, 4) is 0 Å². The summed E-state index contributed by atoms with van der Waals surface area (Å²) in [5, 5.41) is 0. The van der Waals surface area contributed by atoms with Gasteiger partial charge in [0.1, 0.15) is 0 Å². The van der Waals surface area contributed by atoms with E-state index in [1.54, 1.807) is 0 Å². The first-order valence-electron chi connectivity index (χ1n) is 6.13. The van der Waals surface area contributed by atoms with Crippen molar-refractivity contribution in [3.05, 3.63) is 47.1 Å². The predicted molar refractivity (Wildman–Crippen MR) is 78.0 cm³/mol. The van der Waals surface area contributed by atoms with Gasteiger partial charge in [0.15, 0.2) is 0 Å². The van der Waals surface area contributed by atoms with Crippen LogP contribution in [-0.2, 0) is 0 Å². The molecule has 0 bridgehead atoms. The number of allylic oxidation sites excluding steroid dienone is 3. The Balaban J connectivity index is 3.12. The van der Waals surface area contributed by atoms with Crippen LogP contribution in [-0.4, -0.2) is 0 Å². The van der Waals surface area contributed by atoms with Crippen LogP contribution in [0.5, 0.6) is 0 Å². The first-order chi connectivity index (χ1) is 7.97. The van der Waals surface area contributed by atoms with Gasteiger partial charge in [0, 0.05) is 5.69 Å². The van der Waals surface area contributed by atoms with E-state index < -0.39 is 0 Å². The molecule has 0 fully saturated rings. The number of benzene rings is 1. The van der Waals surface area contributed by atoms with Crippen molar-refractivity contribution in [2.24, 2.45) is 0 Å². The molecule has 0 radical (unpaired) electrons. The average molecular weight is 229 g/mol. The van der Waals surface area contributed by atoms with E-state index in [4.69, 9.17) is 5.73 Å². The fourth-order valence-electron chi connectivity index (χ4n) is 2.12. The normalized spacial score (nSPS) is 11.6. The van der Waals surface area contributed by atoms with E-state index >= 15 is 0 Å². The summed E-state index contributed by atoms with van der Waals surface area (Å²) in [7, 11) is 0. The summed E-state index contributed by atoms with van der Waals surface area (Å²) in [6.07, 6.45) is 4.27. The largest absolute Gasteiger partial charge is 0.398 e. The first kappa shape index (κ1) is 13.6. The summed E-state index contributed by atoms with van der Waals surface area (Å²) in [5.74, 6) is 0. The summed E-state index contributed by atoms with van der Waals surface area (Å²) in [6.45, 7) is 12.4. The molecule has 2 N–H and O–H groups in total. The third-order valence-electron chi connectivity index (χ3n) is 3.21. The SMILES string of the molecule is C=C(C)CC/C(=C/C)c1c(C)ccc(N)c1C. The zero-order valence-electron chi connectivity index (χ0n) is 11.4. The molecule has 0 saturated heterocycles. The minimum atomic E-state index is 0.875. The van der Waals surface area contributed by atoms with Crippen molar-refractivity contribution < 1.29 is 0 Å². The van der Waals surface area contributed by atoms with E-state index in [0.717, 1.165) is 18.5 Å². The molecular formula is C16H23N. The molecule has 0 saturated carbocycles. The van der Waals surface area contributed by atoms with E-state index in [2.05, 4.69) is 46.4 Å². The summed E-state index contributed by atoms with van der Waals surface area (Å²) < 4.78 is 0. The van der Waals surface area contributed by atoms with Crippen LogP contribution >= 0.6 is 0 Å². The number of nitrogens with two attached hydrogens (primary N) is 1. The molecule has 1 aromatic rings. The lowest BCUT2D eigenvalue weighted by atomic mass is 9.91. The van der Waals surface area contributed by atoms with E-state index in [1.165, 1.54) is 27.8 Å². The zero-order chi connectivity index (χ0) is 13.0. The molecule has 0 unspecified atom stereocenters. The second kappa shape index (κ2) is 5.72. The van der Waals surface area contributed by atoms with Crippen molar-refractivity contribution in [2.75, 3.05) is 5.73 Å². The number of hydrogen-bond donors (Lipinski definition) is 1. The Morgan fingerprint density at radius 1 is 1.29 bits per heavy atom. The molecule has 0 atom stereocenters. The van der Waals surface area contributed by atoms with Gasteiger partial charge in [-0.2, -0.15) is 0 Å². The van der Waals surface area contributed by atoms with E-state index in [-0.39, 0.29) is 0 Å². The summed E-state index contributed by atoms with van der Waals surface area (Å²) >= 11 is 0. The van der Waals surface area contributed by atoms with Crippen LogP contribution < -0.4 is 5.73 Å². The monoisotopic (exact) mass is 229 g/mol. The zero-order valence-corrected chi connectivity index (χ0v) is 11.4. The molecule has 92 valence electrons. The highest BCUT2D eigenvalue weighted by Gasteiger charge is 2.09. The van der Waals surface area contributed by atoms with Crippen LogP contribution in [0.4, 0.5) is 5.69 Å². The van der Waals surface area contributed by atoms with Crippen LogP contribution in [0, 0.1) is 13.8 Å². The smallest absolute Gasteiger partial charge is 0.0350 e. The maximum Gasteiger partial charge on any atom is 0.0350 e. The highest BCUT2D eigenvalue weighted by Crippen LogP contribution is 2.30. The van der Waals surface area contributed by atoms with Gasteiger partial charge in [0.2, 0.25) is 0 Å². The second-order valence-corrected chi connectivity index (χ2v) is 4.74. The van der Waals surface area contributed by atoms with Gasteiger partial charge in [-0.15, -0.1) is 6.58 Å². The fourth-order valence-corrected chi connectivity index (χ4v) is 2.12. The van der Waals surface area contributed by atoms with Crippen molar-refractivity contribution in [2.45, 2.75) is 40.5 Å². The molecule has 0 spiro atoms. The van der Waals surface area contributed by atoms with E-state index in [1.807, 2.05) is 6.07 Å². The van der Waals surface area contributed by atoms with Gasteiger partial charge in [0.05, 0.1) is 0 Å². The Labute approximate surface area is 105 Å². The van der Waals surface area contributed by atoms with Gasteiger partial charge >= 0.3 is 0 Å². The fraction of sp³-hybridized carbons (Fsp3) is 0.375. The van der Waals surface area contributed by atoms with Gasteiger partial charge in [-0.05, 0) is 68.9 Å². The third kappa shape index (κ3) is 3.23. The quantitative estimate of drug-likeness (QED) is 0.590. The highest BCUT2D eigenvalue weighted by molar-refractivity contribution is 5.74. The topological polar surface area (TPSA) is 26.0 Å². The maximum absolute atomic E-state index is 5.99. The van der Waals surface area contributed by atoms with Crippen LogP contribution in [0.3, 0.4) is 0 Å². The Morgan fingerprint density at radius 2 is 1.94 bits per heavy atom. The second-order valence-electron chi connectivity index (χ2n) is 4.74. The number of anilines is 1. The molecule has 1 nitrogen and oxygen atoms in total. The molecule has 0 amide bonds. The summed E-state index contributed by atoms with van der Waals surface area (Å²) in [5.41, 5.74) is 13.3. The minimum absolute atomic E-state index is 0.875. The van der Waals surface area contributed by atoms with Gasteiger partial charge in [0.25, 0.3) is 0 Å². The molecule has 0 aliphatic heterocycles. The highest BCUT2D eigenvalue weighted by atomic mass is 14.6. The Hall–Kier alpha value is -1.50. The van der Waals surface area contributed by atoms with Crippen molar-refractivity contribution >= 4 is 11.3 Å². The standard InChI is InChI=1S/C16H23N/c1-6-14(9-7-11(2)3)16-12(4)8-10-15(17)13(16)5/h6,8,10H,2,7,9,17H2,1,3-5H3/b14-6-. The van der Waals surface area contributed by atoms with Crippen LogP contribution in [0.15, 0.2) is 30.4 Å². The molecule has 0 aliphatic rings. The van der Waals surface area contributed by atoms with Crippen molar-refractivity contribution in [3.63, 3.8) is 0 Å². The molecule has 1 rings (SSSR count). The van der Waals surface area contributed by atoms with Crippen LogP contribution in [0.25, 0.3) is 5.57 Å². The molecular weight excluding hydrogens is 206 g/mol. The maximum atomic E-state index is 5.99. The Bertz CT molecular complexity index is 453. The minimum Gasteiger partial charge on any atom is -0.398 e. The van der Waals surface area contributed by atoms with Gasteiger partial charge in [-0.1, -0.05) is 17.7 Å². The Morgan fingerprint density at radius 3 is 2.47 bits per heavy atom. The van der Waals surface area contributed by atoms with E-state index in [0.29, 0.717) is 0 Å². The lowest BCUT2D eigenvalue weighted by molar-refractivity contribution is 0.992. The van der Waals surface area contributed by atoms with E-state index in [9.17, 15) is 0 Å². The molecule has 1 aromatic carbocycles. The molecule has 1 heteroatoms. The van der Waals surface area contributed by atoms with Crippen molar-refractivity contribution in [1.82, 2.24) is 0 Å². The average Bonchev–Trinajstić information content (AvgIpc) is 2.28. The molecule has 0 aliphatic carbocycles. The summed E-state index contributed by atoms with van der Waals surface area (Å²) in [6, 6.07) is 4.09. The lowest BCUT2D eigenvalue weighted by Crippen LogP contribution is -1.98. The van der Waals surface area contributed by atoms with Crippen LogP contribution in [0.2, 0.25) is 0 Å². The summed E-state index contributed by atoms with van der Waals surface area (Å²) in [4.78, 5) is 0. The van der Waals surface area contributed by atoms with Crippen molar-refractivity contribution in [1.29, 1.82) is 0 Å². The van der Waals surface area contributed by atoms with Gasteiger partial charge in [-0.25, -0.2) is 0 Å². The predicted octanol–water partition coefficient (Wildman–Crippen LogP) is 4.65. The number of aryl methyl sites for hydroxylation is 1. The Kier molecular flexibility index (Phi) is 4.56. The first-order valence-corrected chi connectivity index (χ1v) is 6.13. The molecule has 17 heavy (non-hydrogen) atoms. The third-order valence-corrected chi connectivity index (χ3v) is 3.21. The molecule has 0 aromatic heterocycles. The number of nitrogen functional groups attached to an aromatic ring is 1. The number of hydrogen-bond acceptors (Lipinski definition) is 1. The lowest BCUT2D eigenvalue weighted by Gasteiger charge is -2.15. The van der Waals surface area contributed by atoms with Gasteiger partial charge in [-0.3, -0.25) is 0 Å². The number of rotatable bonds is 4.